The van der Waals surface area contributed by atoms with E-state index in [-0.39, 0.29) is 0 Å². The molecule has 0 fully saturated rings. The number of aryl methyl sites for hydroxylation is 1. The quantitative estimate of drug-likeness (QED) is 0.534. The maximum atomic E-state index is 9.55. The molecule has 0 amide bonds. The lowest BCUT2D eigenvalue weighted by molar-refractivity contribution is -0.134. The molecule has 3 N–H and O–H groups in total. The molecule has 34 heavy (non-hydrogen) atoms. The Morgan fingerprint density at radius 1 is 1.09 bits per heavy atom. The molecule has 0 atom stereocenters. The summed E-state index contributed by atoms with van der Waals surface area (Å²) in [5.74, 6) is -2.51. The minimum Gasteiger partial charge on any atom is -0.478 e. The average Bonchev–Trinajstić information content (AvgIpc) is 3.05. The molecule has 2 aromatic carbocycles. The van der Waals surface area contributed by atoms with Gasteiger partial charge in [-0.15, -0.1) is 0 Å². The van der Waals surface area contributed by atoms with Crippen LogP contribution < -0.4 is 10.2 Å². The van der Waals surface area contributed by atoms with E-state index in [1.165, 1.54) is 39.9 Å². The van der Waals surface area contributed by atoms with Crippen molar-refractivity contribution in [3.63, 3.8) is 0 Å². The molecule has 8 heteroatoms. The molecule has 0 saturated carbocycles. The second-order valence-electron chi connectivity index (χ2n) is 8.25. The zero-order valence-corrected chi connectivity index (χ0v) is 20.1. The van der Waals surface area contributed by atoms with Crippen LogP contribution >= 0.6 is 11.6 Å². The first kappa shape index (κ1) is 25.7. The van der Waals surface area contributed by atoms with Crippen molar-refractivity contribution >= 4 is 29.2 Å². The Balaban J connectivity index is 0.000000350. The largest absolute Gasteiger partial charge is 0.478 e. The smallest absolute Gasteiger partial charge is 0.328 e. The minimum absolute atomic E-state index is 0.558. The first-order valence-electron chi connectivity index (χ1n) is 11.4. The van der Waals surface area contributed by atoms with Crippen LogP contribution in [0.15, 0.2) is 42.5 Å². The SMILES string of the molecule is COCCN1CCCc2cc3c(c(-c4cccc(Cl)c4)c21)CCNCC3.O=C(O)/C=C/C(=O)O. The number of carbonyl (C=O) groups is 2. The Morgan fingerprint density at radius 3 is 2.50 bits per heavy atom. The van der Waals surface area contributed by atoms with Crippen LogP contribution in [0.1, 0.15) is 23.1 Å². The van der Waals surface area contributed by atoms with Crippen molar-refractivity contribution in [2.24, 2.45) is 0 Å². The van der Waals surface area contributed by atoms with Crippen molar-refractivity contribution in [1.82, 2.24) is 5.32 Å². The zero-order chi connectivity index (χ0) is 24.5. The molecule has 0 radical (unpaired) electrons. The van der Waals surface area contributed by atoms with Gasteiger partial charge in [0.15, 0.2) is 0 Å². The molecule has 7 nitrogen and oxygen atoms in total. The first-order valence-corrected chi connectivity index (χ1v) is 11.8. The number of nitrogens with zero attached hydrogens (tertiary/aromatic N) is 1. The molecular weight excluding hydrogens is 456 g/mol. The van der Waals surface area contributed by atoms with Gasteiger partial charge >= 0.3 is 11.9 Å². The molecule has 2 aliphatic heterocycles. The number of ether oxygens (including phenoxy) is 1. The monoisotopic (exact) mass is 486 g/mol. The molecule has 4 rings (SSSR count). The highest BCUT2D eigenvalue weighted by molar-refractivity contribution is 6.30. The number of halogens is 1. The molecule has 0 spiro atoms. The van der Waals surface area contributed by atoms with Crippen LogP contribution in [0.25, 0.3) is 11.1 Å². The van der Waals surface area contributed by atoms with E-state index in [1.807, 2.05) is 6.07 Å². The fraction of sp³-hybridized carbons (Fsp3) is 0.385. The summed E-state index contributed by atoms with van der Waals surface area (Å²) in [6.45, 7) is 4.90. The van der Waals surface area contributed by atoms with E-state index in [1.54, 1.807) is 7.11 Å². The molecule has 0 saturated heterocycles. The van der Waals surface area contributed by atoms with Gasteiger partial charge in [-0.1, -0.05) is 29.8 Å². The normalized spacial score (nSPS) is 15.1. The Morgan fingerprint density at radius 2 is 1.82 bits per heavy atom. The van der Waals surface area contributed by atoms with E-state index in [2.05, 4.69) is 34.5 Å². The topological polar surface area (TPSA) is 99.1 Å². The summed E-state index contributed by atoms with van der Waals surface area (Å²) in [5.41, 5.74) is 8.56. The Bertz CT molecular complexity index is 1040. The fourth-order valence-corrected chi connectivity index (χ4v) is 4.74. The van der Waals surface area contributed by atoms with E-state index < -0.39 is 11.9 Å². The lowest BCUT2D eigenvalue weighted by Crippen LogP contribution is -2.33. The Kier molecular flexibility index (Phi) is 9.51. The maximum absolute atomic E-state index is 9.55. The number of carboxylic acids is 2. The third-order valence-electron chi connectivity index (χ3n) is 5.94. The van der Waals surface area contributed by atoms with Crippen molar-refractivity contribution < 1.29 is 24.5 Å². The maximum Gasteiger partial charge on any atom is 0.328 e. The first-order chi connectivity index (χ1) is 16.4. The van der Waals surface area contributed by atoms with E-state index in [0.717, 1.165) is 57.1 Å². The predicted octanol–water partition coefficient (Wildman–Crippen LogP) is 3.81. The average molecular weight is 487 g/mol. The molecule has 0 aromatic heterocycles. The molecule has 2 heterocycles. The fourth-order valence-electron chi connectivity index (χ4n) is 4.55. The summed E-state index contributed by atoms with van der Waals surface area (Å²) in [4.78, 5) is 21.6. The second kappa shape index (κ2) is 12.6. The Labute approximate surface area is 205 Å². The molecule has 2 aromatic rings. The van der Waals surface area contributed by atoms with Crippen LogP contribution in [0.2, 0.25) is 5.02 Å². The molecule has 182 valence electrons. The van der Waals surface area contributed by atoms with E-state index >= 15 is 0 Å². The number of benzene rings is 2. The standard InChI is InChI=1S/C22H27ClN2O.C4H4O4/c1-26-13-12-25-11-3-5-18-14-16-7-9-24-10-8-20(16)21(22(18)25)17-4-2-6-19(23)15-17;5-3(6)1-2-4(7)8/h2,4,6,14-15,24H,3,5,7-13H2,1H3;1-2H,(H,5,6)(H,7,8)/b;2-1+. The van der Waals surface area contributed by atoms with Gasteiger partial charge in [-0.05, 0) is 73.2 Å². The number of hydrogen-bond acceptors (Lipinski definition) is 5. The highest BCUT2D eigenvalue weighted by atomic mass is 35.5. The van der Waals surface area contributed by atoms with E-state index in [0.29, 0.717) is 12.2 Å². The van der Waals surface area contributed by atoms with Gasteiger partial charge in [0.05, 0.1) is 6.61 Å². The second-order valence-corrected chi connectivity index (χ2v) is 8.69. The third kappa shape index (κ3) is 6.82. The molecular formula is C26H31ClN2O5. The van der Waals surface area contributed by atoms with Crippen molar-refractivity contribution in [1.29, 1.82) is 0 Å². The van der Waals surface area contributed by atoms with Crippen LogP contribution in [-0.2, 0) is 33.6 Å². The van der Waals surface area contributed by atoms with Gasteiger partial charge in [0, 0.05) is 48.6 Å². The highest BCUT2D eigenvalue weighted by Crippen LogP contribution is 2.43. The minimum atomic E-state index is -1.26. The summed E-state index contributed by atoms with van der Waals surface area (Å²) in [6, 6.07) is 10.8. The number of hydrogen-bond donors (Lipinski definition) is 3. The lowest BCUT2D eigenvalue weighted by atomic mass is 9.85. The molecule has 2 aliphatic rings. The van der Waals surface area contributed by atoms with Crippen molar-refractivity contribution in [3.8, 4) is 11.1 Å². The van der Waals surface area contributed by atoms with Gasteiger partial charge in [0.25, 0.3) is 0 Å². The van der Waals surface area contributed by atoms with Crippen LogP contribution in [0.4, 0.5) is 5.69 Å². The molecule has 0 bridgehead atoms. The van der Waals surface area contributed by atoms with Gasteiger partial charge in [-0.25, -0.2) is 9.59 Å². The van der Waals surface area contributed by atoms with Crippen molar-refractivity contribution in [2.75, 3.05) is 44.8 Å². The van der Waals surface area contributed by atoms with Gasteiger partial charge in [-0.2, -0.15) is 0 Å². The van der Waals surface area contributed by atoms with Gasteiger partial charge in [0.1, 0.15) is 0 Å². The molecule has 0 aliphatic carbocycles. The van der Waals surface area contributed by atoms with Crippen LogP contribution in [0.5, 0.6) is 0 Å². The summed E-state index contributed by atoms with van der Waals surface area (Å²) in [5, 5.41) is 20.0. The van der Waals surface area contributed by atoms with Gasteiger partial charge in [-0.3, -0.25) is 0 Å². The summed E-state index contributed by atoms with van der Waals surface area (Å²) in [7, 11) is 1.78. The lowest BCUT2D eigenvalue weighted by Gasteiger charge is -2.35. The van der Waals surface area contributed by atoms with E-state index in [9.17, 15) is 9.59 Å². The van der Waals surface area contributed by atoms with Gasteiger partial charge < -0.3 is 25.2 Å². The number of rotatable bonds is 6. The van der Waals surface area contributed by atoms with Crippen LogP contribution in [-0.4, -0.2) is 62.0 Å². The Hall–Kier alpha value is -2.87. The zero-order valence-electron chi connectivity index (χ0n) is 19.3. The van der Waals surface area contributed by atoms with Gasteiger partial charge in [0.2, 0.25) is 0 Å². The summed E-state index contributed by atoms with van der Waals surface area (Å²) in [6.07, 6.45) is 5.66. The predicted molar refractivity (Wildman–Crippen MR) is 134 cm³/mol. The number of aliphatic carboxylic acids is 2. The van der Waals surface area contributed by atoms with Crippen molar-refractivity contribution in [3.05, 3.63) is 64.2 Å². The van der Waals surface area contributed by atoms with Crippen molar-refractivity contribution in [2.45, 2.75) is 25.7 Å². The highest BCUT2D eigenvalue weighted by Gasteiger charge is 2.26. The molecule has 0 unspecified atom stereocenters. The van der Waals surface area contributed by atoms with Crippen LogP contribution in [0, 0.1) is 0 Å². The number of anilines is 1. The summed E-state index contributed by atoms with van der Waals surface area (Å²) >= 11 is 6.37. The number of carboxylic acid groups (broad SMARTS) is 2. The summed E-state index contributed by atoms with van der Waals surface area (Å²) < 4.78 is 5.38. The number of nitrogens with one attached hydrogen (secondary N) is 1. The van der Waals surface area contributed by atoms with Crippen LogP contribution in [0.3, 0.4) is 0 Å². The van der Waals surface area contributed by atoms with E-state index in [4.69, 9.17) is 26.6 Å². The number of methoxy groups -OCH3 is 1. The number of fused-ring (bicyclic) bond motifs is 2. The third-order valence-corrected chi connectivity index (χ3v) is 6.17.